The average Bonchev–Trinajstić information content (AvgIpc) is 3.97. The quantitative estimate of drug-likeness (QED) is 0.246. The minimum atomic E-state index is -3.88. The molecule has 1 aromatic heterocycles. The van der Waals surface area contributed by atoms with Crippen molar-refractivity contribution >= 4 is 39.6 Å². The molecule has 4 N–H and O–H groups in total. The van der Waals surface area contributed by atoms with Gasteiger partial charge in [-0.3, -0.25) is 33.4 Å². The van der Waals surface area contributed by atoms with E-state index in [1.54, 1.807) is 36.6 Å². The van der Waals surface area contributed by atoms with Gasteiger partial charge >= 0.3 is 0 Å². The summed E-state index contributed by atoms with van der Waals surface area (Å²) in [6.07, 6.45) is 6.10. The molecule has 2 spiro atoms. The molecular weight excluding hydrogens is 723 g/mol. The topological polar surface area (TPSA) is 189 Å². The minimum Gasteiger partial charge on any atom is -0.342 e. The maximum Gasteiger partial charge on any atom is 0.259 e. The Morgan fingerprint density at radius 2 is 1.53 bits per heavy atom. The van der Waals surface area contributed by atoms with Gasteiger partial charge in [0.2, 0.25) is 27.7 Å². The number of rotatable bonds is 11. The number of aryl methyl sites for hydroxylation is 2. The SMILES string of the molecule is C=C[C@@H]1C[C@]1(NC(=O)[C@@H]1C[C@@]2(CN1C(=O)[C@@H](NC(=O)[C@@H](NC(=O)c1c(C)nn(C)c1C)C(C)(C)C)C(C)(C)C)C(C)(C)C21CCC1)C(=O)NS(=O)(=O)C1CC1. The van der Waals surface area contributed by atoms with Crippen LogP contribution in [0.3, 0.4) is 0 Å². The molecule has 0 aromatic carbocycles. The van der Waals surface area contributed by atoms with E-state index in [0.29, 0.717) is 42.8 Å². The van der Waals surface area contributed by atoms with Gasteiger partial charge < -0.3 is 20.9 Å². The van der Waals surface area contributed by atoms with Crippen molar-refractivity contribution in [1.29, 1.82) is 0 Å². The van der Waals surface area contributed by atoms with Crippen molar-refractivity contribution in [2.75, 3.05) is 6.54 Å². The summed E-state index contributed by atoms with van der Waals surface area (Å²) in [5.74, 6) is -3.23. The van der Waals surface area contributed by atoms with Crippen LogP contribution in [-0.2, 0) is 36.2 Å². The number of nitrogens with one attached hydrogen (secondary N) is 4. The number of fused-ring (bicyclic) bond motifs is 1. The molecule has 1 aliphatic heterocycles. The Labute approximate surface area is 325 Å². The van der Waals surface area contributed by atoms with E-state index in [2.05, 4.69) is 46.2 Å². The summed E-state index contributed by atoms with van der Waals surface area (Å²) < 4.78 is 29.4. The van der Waals surface area contributed by atoms with Crippen molar-refractivity contribution in [3.05, 3.63) is 29.6 Å². The second kappa shape index (κ2) is 12.9. The van der Waals surface area contributed by atoms with Gasteiger partial charge in [-0.15, -0.1) is 6.58 Å². The fourth-order valence-corrected chi connectivity index (χ4v) is 11.5. The number of aromatic nitrogens is 2. The number of carbonyl (C=O) groups excluding carboxylic acids is 5. The molecular formula is C40H61N7O7S. The van der Waals surface area contributed by atoms with E-state index >= 15 is 4.79 Å². The zero-order valence-corrected chi connectivity index (χ0v) is 35.3. The van der Waals surface area contributed by atoms with E-state index in [1.165, 1.54) is 0 Å². The van der Waals surface area contributed by atoms with Crippen molar-refractivity contribution in [2.24, 2.45) is 40.0 Å². The van der Waals surface area contributed by atoms with Gasteiger partial charge in [0.05, 0.1) is 16.5 Å². The highest BCUT2D eigenvalue weighted by molar-refractivity contribution is 7.91. The third-order valence-electron chi connectivity index (χ3n) is 14.2. The van der Waals surface area contributed by atoms with Gasteiger partial charge in [-0.2, -0.15) is 5.10 Å². The fraction of sp³-hybridized carbons (Fsp3) is 0.750. The molecule has 6 rings (SSSR count). The second-order valence-corrected chi connectivity index (χ2v) is 21.7. The van der Waals surface area contributed by atoms with Crippen molar-refractivity contribution in [2.45, 2.75) is 143 Å². The number of likely N-dealkylation sites (tertiary alicyclic amines) is 1. The van der Waals surface area contributed by atoms with E-state index < -0.39 is 85.2 Å². The Balaban J connectivity index is 1.29. The average molecular weight is 784 g/mol. The Bertz CT molecular complexity index is 1950. The Kier molecular flexibility index (Phi) is 9.58. The van der Waals surface area contributed by atoms with E-state index in [0.717, 1.165) is 19.3 Å². The first-order valence-corrected chi connectivity index (χ1v) is 21.2. The second-order valence-electron chi connectivity index (χ2n) is 19.8. The molecule has 5 amide bonds. The summed E-state index contributed by atoms with van der Waals surface area (Å²) in [5.41, 5.74) is -2.05. The van der Waals surface area contributed by atoms with Crippen LogP contribution in [0, 0.1) is 46.8 Å². The van der Waals surface area contributed by atoms with Crippen molar-refractivity contribution in [3.8, 4) is 0 Å². The third kappa shape index (κ3) is 6.40. The van der Waals surface area contributed by atoms with Crippen molar-refractivity contribution in [1.82, 2.24) is 35.4 Å². The van der Waals surface area contributed by atoms with Gasteiger partial charge in [-0.25, -0.2) is 8.42 Å². The lowest BCUT2D eigenvalue weighted by Crippen LogP contribution is -2.63. The van der Waals surface area contributed by atoms with Gasteiger partial charge in [0, 0.05) is 30.6 Å². The molecule has 2 heterocycles. The van der Waals surface area contributed by atoms with E-state index in [-0.39, 0.29) is 22.7 Å². The van der Waals surface area contributed by atoms with Gasteiger partial charge in [-0.1, -0.05) is 67.9 Å². The first-order valence-electron chi connectivity index (χ1n) is 19.6. The van der Waals surface area contributed by atoms with Crippen LogP contribution in [0.5, 0.6) is 0 Å². The highest BCUT2D eigenvalue weighted by Gasteiger charge is 2.85. The van der Waals surface area contributed by atoms with Crippen LogP contribution in [0.25, 0.3) is 0 Å². The Morgan fingerprint density at radius 3 is 1.96 bits per heavy atom. The standard InChI is InChI=1S/C40H61N7O7S/c1-13-24-19-40(24,34(52)45-55(53,54)25-15-16-25)43-30(48)26-20-39(37(10,11)38(39)17-14-18-38)21-47(26)33(51)29(36(7,8)9)42-32(50)28(35(4,5)6)41-31(49)27-22(2)44-46(12)23(27)3/h13,24-26,28-29H,1,14-21H2,2-12H3,(H,41,49)(H,42,50)(H,43,48)(H,45,52)/t24-,26+,28-,29-,39-,40-/m1/s1. The zero-order valence-electron chi connectivity index (χ0n) is 34.4. The summed E-state index contributed by atoms with van der Waals surface area (Å²) >= 11 is 0. The molecule has 1 aromatic rings. The molecule has 1 saturated heterocycles. The largest absolute Gasteiger partial charge is 0.342 e. The maximum absolute atomic E-state index is 15.1. The molecule has 4 saturated carbocycles. The molecule has 55 heavy (non-hydrogen) atoms. The van der Waals surface area contributed by atoms with E-state index in [1.807, 2.05) is 41.5 Å². The van der Waals surface area contributed by atoms with Gasteiger partial charge in [0.25, 0.3) is 11.8 Å². The summed E-state index contributed by atoms with van der Waals surface area (Å²) in [6, 6.07) is -3.09. The number of hydrogen-bond donors (Lipinski definition) is 4. The summed E-state index contributed by atoms with van der Waals surface area (Å²) in [5, 5.41) is 12.6. The first kappa shape index (κ1) is 40.9. The third-order valence-corrected chi connectivity index (χ3v) is 16.0. The highest BCUT2D eigenvalue weighted by Crippen LogP contribution is 2.88. The van der Waals surface area contributed by atoms with Gasteiger partial charge in [0.15, 0.2) is 0 Å². The number of amides is 5. The molecule has 14 nitrogen and oxygen atoms in total. The van der Waals surface area contributed by atoms with Gasteiger partial charge in [-0.05, 0) is 74.0 Å². The Morgan fingerprint density at radius 1 is 0.927 bits per heavy atom. The summed E-state index contributed by atoms with van der Waals surface area (Å²) in [4.78, 5) is 72.8. The lowest BCUT2D eigenvalue weighted by atomic mass is 9.73. The summed E-state index contributed by atoms with van der Waals surface area (Å²) in [7, 11) is -2.13. The first-order chi connectivity index (χ1) is 25.2. The van der Waals surface area contributed by atoms with Crippen LogP contribution in [0.4, 0.5) is 0 Å². The molecule has 0 unspecified atom stereocenters. The lowest BCUT2D eigenvalue weighted by Gasteiger charge is -2.38. The van der Waals surface area contributed by atoms with Crippen LogP contribution in [0.15, 0.2) is 12.7 Å². The van der Waals surface area contributed by atoms with Crippen LogP contribution >= 0.6 is 0 Å². The monoisotopic (exact) mass is 783 g/mol. The van der Waals surface area contributed by atoms with Crippen LogP contribution in [-0.4, -0.2) is 88.1 Å². The Hall–Kier alpha value is -3.75. The van der Waals surface area contributed by atoms with Crippen LogP contribution in [0.2, 0.25) is 0 Å². The minimum absolute atomic E-state index is 0.0329. The predicted molar refractivity (Wildman–Crippen MR) is 207 cm³/mol. The number of sulfonamides is 1. The molecule has 6 atom stereocenters. The van der Waals surface area contributed by atoms with E-state index in [9.17, 15) is 27.6 Å². The smallest absolute Gasteiger partial charge is 0.259 e. The number of carbonyl (C=O) groups is 5. The van der Waals surface area contributed by atoms with Crippen molar-refractivity contribution in [3.63, 3.8) is 0 Å². The van der Waals surface area contributed by atoms with Crippen LogP contribution in [0.1, 0.15) is 122 Å². The molecule has 5 fully saturated rings. The predicted octanol–water partition coefficient (Wildman–Crippen LogP) is 3.18. The molecule has 15 heteroatoms. The molecule has 0 radical (unpaired) electrons. The van der Waals surface area contributed by atoms with Gasteiger partial charge in [0.1, 0.15) is 23.7 Å². The maximum atomic E-state index is 15.1. The highest BCUT2D eigenvalue weighted by atomic mass is 32.2. The zero-order chi connectivity index (χ0) is 41.1. The molecule has 304 valence electrons. The van der Waals surface area contributed by atoms with Crippen LogP contribution < -0.4 is 20.7 Å². The molecule has 4 aliphatic carbocycles. The van der Waals surface area contributed by atoms with E-state index in [4.69, 9.17) is 0 Å². The van der Waals surface area contributed by atoms with Crippen molar-refractivity contribution < 1.29 is 32.4 Å². The molecule has 5 aliphatic rings. The summed E-state index contributed by atoms with van der Waals surface area (Å²) in [6.45, 7) is 23.1. The number of nitrogens with zero attached hydrogens (tertiary/aromatic N) is 3. The molecule has 0 bridgehead atoms. The number of hydrogen-bond acceptors (Lipinski definition) is 8. The normalized spacial score (nSPS) is 28.8. The fourth-order valence-electron chi connectivity index (χ4n) is 10.1. The lowest BCUT2D eigenvalue weighted by molar-refractivity contribution is -0.145.